The maximum absolute atomic E-state index is 11.1. The summed E-state index contributed by atoms with van der Waals surface area (Å²) in [6.07, 6.45) is 4.73. The van der Waals surface area contributed by atoms with Crippen molar-refractivity contribution in [2.75, 3.05) is 7.05 Å². The van der Waals surface area contributed by atoms with Crippen molar-refractivity contribution in [1.82, 2.24) is 5.32 Å². The lowest BCUT2D eigenvalue weighted by molar-refractivity contribution is -0.134. The molecule has 0 aromatic heterocycles. The van der Waals surface area contributed by atoms with E-state index in [1.54, 1.807) is 14.0 Å². The Hall–Kier alpha value is -0.570. The molecule has 1 N–H and O–H groups in total. The minimum absolute atomic E-state index is 0.0260. The summed E-state index contributed by atoms with van der Waals surface area (Å²) in [5.74, 6) is -0.0260. The second-order valence-corrected chi connectivity index (χ2v) is 3.30. The van der Waals surface area contributed by atoms with Crippen LogP contribution in [0.1, 0.15) is 32.6 Å². The number of carbonyl (C=O) groups is 1. The smallest absolute Gasteiger partial charge is 0.248 e. The van der Waals surface area contributed by atoms with Gasteiger partial charge < -0.3 is 10.1 Å². The summed E-state index contributed by atoms with van der Waals surface area (Å²) in [5, 5.41) is 2.57. The second kappa shape index (κ2) is 4.45. The second-order valence-electron chi connectivity index (χ2n) is 3.30. The van der Waals surface area contributed by atoms with Gasteiger partial charge in [-0.05, 0) is 19.8 Å². The molecule has 0 radical (unpaired) electrons. The quantitative estimate of drug-likeness (QED) is 0.690. The van der Waals surface area contributed by atoms with E-state index in [1.165, 1.54) is 12.8 Å². The Balaban J connectivity index is 2.24. The van der Waals surface area contributed by atoms with Crippen molar-refractivity contribution < 1.29 is 9.53 Å². The van der Waals surface area contributed by atoms with Crippen LogP contribution in [0.3, 0.4) is 0 Å². The minimum atomic E-state index is -0.293. The highest BCUT2D eigenvalue weighted by atomic mass is 16.5. The molecule has 0 bridgehead atoms. The molecule has 0 aromatic rings. The van der Waals surface area contributed by atoms with E-state index in [2.05, 4.69) is 5.32 Å². The number of nitrogens with one attached hydrogen (secondary N) is 1. The molecule has 0 aromatic carbocycles. The SMILES string of the molecule is CNC(=O)C(C)OC1CCCC1. The van der Waals surface area contributed by atoms with E-state index in [9.17, 15) is 4.79 Å². The van der Waals surface area contributed by atoms with Crippen LogP contribution in [0.25, 0.3) is 0 Å². The number of amides is 1. The number of rotatable bonds is 3. The Kier molecular flexibility index (Phi) is 3.53. The highest BCUT2D eigenvalue weighted by Crippen LogP contribution is 2.21. The molecule has 1 atom stereocenters. The van der Waals surface area contributed by atoms with Crippen LogP contribution < -0.4 is 5.32 Å². The molecular formula is C9H17NO2. The van der Waals surface area contributed by atoms with Gasteiger partial charge in [0.1, 0.15) is 6.10 Å². The normalized spacial score (nSPS) is 20.8. The topological polar surface area (TPSA) is 38.3 Å². The van der Waals surface area contributed by atoms with Crippen molar-refractivity contribution in [3.05, 3.63) is 0 Å². The number of likely N-dealkylation sites (N-methyl/N-ethyl adjacent to an activating group) is 1. The van der Waals surface area contributed by atoms with Gasteiger partial charge in [0.05, 0.1) is 6.10 Å². The summed E-state index contributed by atoms with van der Waals surface area (Å²) in [6.45, 7) is 1.80. The van der Waals surface area contributed by atoms with E-state index < -0.39 is 0 Å². The van der Waals surface area contributed by atoms with Gasteiger partial charge >= 0.3 is 0 Å². The van der Waals surface area contributed by atoms with E-state index in [0.717, 1.165) is 12.8 Å². The highest BCUT2D eigenvalue weighted by molar-refractivity contribution is 5.79. The zero-order valence-electron chi connectivity index (χ0n) is 7.80. The van der Waals surface area contributed by atoms with E-state index in [-0.39, 0.29) is 12.0 Å². The van der Waals surface area contributed by atoms with Gasteiger partial charge in [0.15, 0.2) is 0 Å². The van der Waals surface area contributed by atoms with Gasteiger partial charge in [-0.1, -0.05) is 12.8 Å². The van der Waals surface area contributed by atoms with Crippen molar-refractivity contribution in [3.63, 3.8) is 0 Å². The first-order valence-electron chi connectivity index (χ1n) is 4.61. The first kappa shape index (κ1) is 9.52. The first-order chi connectivity index (χ1) is 5.74. The Morgan fingerprint density at radius 1 is 1.50 bits per heavy atom. The largest absolute Gasteiger partial charge is 0.365 e. The van der Waals surface area contributed by atoms with E-state index in [0.29, 0.717) is 6.10 Å². The maximum Gasteiger partial charge on any atom is 0.248 e. The number of carbonyl (C=O) groups excluding carboxylic acids is 1. The summed E-state index contributed by atoms with van der Waals surface area (Å²) >= 11 is 0. The molecule has 0 saturated heterocycles. The fourth-order valence-corrected chi connectivity index (χ4v) is 1.58. The molecule has 3 nitrogen and oxygen atoms in total. The minimum Gasteiger partial charge on any atom is -0.365 e. The van der Waals surface area contributed by atoms with Crippen molar-refractivity contribution in [2.45, 2.75) is 44.8 Å². The lowest BCUT2D eigenvalue weighted by atomic mass is 10.3. The van der Waals surface area contributed by atoms with Crippen molar-refractivity contribution in [3.8, 4) is 0 Å². The lowest BCUT2D eigenvalue weighted by Crippen LogP contribution is -2.33. The standard InChI is InChI=1S/C9H17NO2/c1-7(9(11)10-2)12-8-5-3-4-6-8/h7-8H,3-6H2,1-2H3,(H,10,11). The summed E-state index contributed by atoms with van der Waals surface area (Å²) in [4.78, 5) is 11.1. The average molecular weight is 171 g/mol. The molecule has 1 aliphatic carbocycles. The highest BCUT2D eigenvalue weighted by Gasteiger charge is 2.21. The van der Waals surface area contributed by atoms with Crippen LogP contribution in [-0.2, 0) is 9.53 Å². The van der Waals surface area contributed by atoms with Crippen molar-refractivity contribution >= 4 is 5.91 Å². The van der Waals surface area contributed by atoms with Crippen LogP contribution in [0, 0.1) is 0 Å². The fourth-order valence-electron chi connectivity index (χ4n) is 1.58. The average Bonchev–Trinajstić information content (AvgIpc) is 2.55. The molecular weight excluding hydrogens is 154 g/mol. The summed E-state index contributed by atoms with van der Waals surface area (Å²) in [7, 11) is 1.64. The van der Waals surface area contributed by atoms with Crippen LogP contribution in [0.4, 0.5) is 0 Å². The molecule has 12 heavy (non-hydrogen) atoms. The van der Waals surface area contributed by atoms with Gasteiger partial charge in [0.25, 0.3) is 0 Å². The molecule has 70 valence electrons. The summed E-state index contributed by atoms with van der Waals surface area (Å²) in [6, 6.07) is 0. The molecule has 1 unspecified atom stereocenters. The predicted octanol–water partition coefficient (Wildman–Crippen LogP) is 1.08. The summed E-state index contributed by atoms with van der Waals surface area (Å²) < 4.78 is 5.55. The molecule has 0 heterocycles. The predicted molar refractivity (Wildman–Crippen MR) is 46.9 cm³/mol. The molecule has 3 heteroatoms. The fraction of sp³-hybridized carbons (Fsp3) is 0.889. The maximum atomic E-state index is 11.1. The van der Waals surface area contributed by atoms with E-state index in [1.807, 2.05) is 0 Å². The van der Waals surface area contributed by atoms with Crippen molar-refractivity contribution in [1.29, 1.82) is 0 Å². The zero-order chi connectivity index (χ0) is 8.97. The van der Waals surface area contributed by atoms with Gasteiger partial charge in [-0.2, -0.15) is 0 Å². The summed E-state index contributed by atoms with van der Waals surface area (Å²) in [5.41, 5.74) is 0. The van der Waals surface area contributed by atoms with Crippen LogP contribution in [0.5, 0.6) is 0 Å². The molecule has 1 fully saturated rings. The van der Waals surface area contributed by atoms with Gasteiger partial charge in [-0.3, -0.25) is 4.79 Å². The number of hydrogen-bond donors (Lipinski definition) is 1. The van der Waals surface area contributed by atoms with Crippen molar-refractivity contribution in [2.24, 2.45) is 0 Å². The molecule has 1 aliphatic rings. The third-order valence-corrected chi connectivity index (χ3v) is 2.31. The lowest BCUT2D eigenvalue weighted by Gasteiger charge is -2.16. The molecule has 0 spiro atoms. The Labute approximate surface area is 73.5 Å². The monoisotopic (exact) mass is 171 g/mol. The molecule has 1 rings (SSSR count). The molecule has 1 saturated carbocycles. The Bertz CT molecular complexity index is 153. The third-order valence-electron chi connectivity index (χ3n) is 2.31. The number of hydrogen-bond acceptors (Lipinski definition) is 2. The van der Waals surface area contributed by atoms with E-state index in [4.69, 9.17) is 4.74 Å². The third kappa shape index (κ3) is 2.48. The Morgan fingerprint density at radius 3 is 2.58 bits per heavy atom. The Morgan fingerprint density at radius 2 is 2.08 bits per heavy atom. The van der Waals surface area contributed by atoms with E-state index >= 15 is 0 Å². The van der Waals surface area contributed by atoms with Crippen LogP contribution in [-0.4, -0.2) is 25.2 Å². The number of ether oxygens (including phenoxy) is 1. The zero-order valence-corrected chi connectivity index (χ0v) is 7.80. The molecule has 1 amide bonds. The van der Waals surface area contributed by atoms with Gasteiger partial charge in [0, 0.05) is 7.05 Å². The van der Waals surface area contributed by atoms with Crippen LogP contribution in [0.15, 0.2) is 0 Å². The van der Waals surface area contributed by atoms with Gasteiger partial charge in [-0.15, -0.1) is 0 Å². The molecule has 0 aliphatic heterocycles. The van der Waals surface area contributed by atoms with Crippen LogP contribution >= 0.6 is 0 Å². The van der Waals surface area contributed by atoms with Crippen LogP contribution in [0.2, 0.25) is 0 Å². The van der Waals surface area contributed by atoms with Gasteiger partial charge in [0.2, 0.25) is 5.91 Å². The first-order valence-corrected chi connectivity index (χ1v) is 4.61. The van der Waals surface area contributed by atoms with Gasteiger partial charge in [-0.25, -0.2) is 0 Å².